The number of hydrogen-bond donors (Lipinski definition) is 2. The lowest BCUT2D eigenvalue weighted by atomic mass is 10.1. The van der Waals surface area contributed by atoms with Crippen LogP contribution in [0.15, 0.2) is 29.3 Å². The molecule has 4 N–H and O–H groups in total. The highest BCUT2D eigenvalue weighted by atomic mass is 32.2. The maximum atomic E-state index is 11.4. The SMILES string of the molecule is CSCc1ccc(C(=O)N=C(N)N)cc1. The monoisotopic (exact) mass is 223 g/mol. The zero-order valence-electron chi connectivity index (χ0n) is 8.43. The number of thioether (sulfide) groups is 1. The summed E-state index contributed by atoms with van der Waals surface area (Å²) in [6, 6.07) is 7.23. The van der Waals surface area contributed by atoms with Crippen molar-refractivity contribution in [2.24, 2.45) is 16.5 Å². The lowest BCUT2D eigenvalue weighted by Gasteiger charge is -1.99. The van der Waals surface area contributed by atoms with E-state index in [1.54, 1.807) is 23.9 Å². The standard InChI is InChI=1S/C10H13N3OS/c1-15-6-7-2-4-8(5-3-7)9(14)13-10(11)12/h2-5H,6H2,1H3,(H4,11,12,13,14). The van der Waals surface area contributed by atoms with Crippen molar-refractivity contribution in [3.8, 4) is 0 Å². The summed E-state index contributed by atoms with van der Waals surface area (Å²) < 4.78 is 0. The molecule has 4 nitrogen and oxygen atoms in total. The van der Waals surface area contributed by atoms with Gasteiger partial charge in [-0.05, 0) is 24.0 Å². The summed E-state index contributed by atoms with van der Waals surface area (Å²) in [5, 5.41) is 0. The second-order valence-electron chi connectivity index (χ2n) is 2.97. The first-order valence-corrected chi connectivity index (χ1v) is 5.74. The van der Waals surface area contributed by atoms with Gasteiger partial charge in [0.2, 0.25) is 0 Å². The van der Waals surface area contributed by atoms with E-state index in [0.717, 1.165) is 5.75 Å². The number of carbonyl (C=O) groups is 1. The van der Waals surface area contributed by atoms with E-state index in [0.29, 0.717) is 5.56 Å². The smallest absolute Gasteiger partial charge is 0.280 e. The van der Waals surface area contributed by atoms with E-state index in [4.69, 9.17) is 11.5 Å². The summed E-state index contributed by atoms with van der Waals surface area (Å²) in [5.41, 5.74) is 11.9. The minimum atomic E-state index is -0.411. The average molecular weight is 223 g/mol. The van der Waals surface area contributed by atoms with E-state index in [1.165, 1.54) is 5.56 Å². The Balaban J connectivity index is 2.80. The molecule has 0 aliphatic rings. The molecule has 0 aliphatic carbocycles. The van der Waals surface area contributed by atoms with Crippen molar-refractivity contribution in [1.82, 2.24) is 0 Å². The molecule has 0 saturated carbocycles. The van der Waals surface area contributed by atoms with Crippen LogP contribution in [0, 0.1) is 0 Å². The second-order valence-corrected chi connectivity index (χ2v) is 3.84. The molecule has 0 radical (unpaired) electrons. The Kier molecular flexibility index (Phi) is 4.17. The summed E-state index contributed by atoms with van der Waals surface area (Å²) in [7, 11) is 0. The third-order valence-electron chi connectivity index (χ3n) is 1.74. The molecule has 0 unspecified atom stereocenters. The van der Waals surface area contributed by atoms with Crippen molar-refractivity contribution < 1.29 is 4.79 Å². The average Bonchev–Trinajstić information content (AvgIpc) is 2.18. The summed E-state index contributed by atoms with van der Waals surface area (Å²) >= 11 is 1.73. The first kappa shape index (κ1) is 11.6. The fourth-order valence-corrected chi connectivity index (χ4v) is 1.62. The molecule has 0 fully saturated rings. The predicted octanol–water partition coefficient (Wildman–Crippen LogP) is 0.963. The van der Waals surface area contributed by atoms with Crippen LogP contribution in [0.3, 0.4) is 0 Å². The summed E-state index contributed by atoms with van der Waals surface area (Å²) in [5.74, 6) is 0.301. The van der Waals surface area contributed by atoms with Gasteiger partial charge in [-0.2, -0.15) is 16.8 Å². The largest absolute Gasteiger partial charge is 0.370 e. The molecule has 1 amide bonds. The first-order valence-electron chi connectivity index (χ1n) is 4.35. The molecule has 5 heteroatoms. The minimum absolute atomic E-state index is 0.215. The van der Waals surface area contributed by atoms with Crippen LogP contribution in [0.2, 0.25) is 0 Å². The molecule has 80 valence electrons. The number of carbonyl (C=O) groups excluding carboxylic acids is 1. The van der Waals surface area contributed by atoms with Crippen molar-refractivity contribution in [3.05, 3.63) is 35.4 Å². The van der Waals surface area contributed by atoms with E-state index in [2.05, 4.69) is 4.99 Å². The van der Waals surface area contributed by atoms with Crippen molar-refractivity contribution in [2.75, 3.05) is 6.26 Å². The summed E-state index contributed by atoms with van der Waals surface area (Å²) in [4.78, 5) is 14.8. The van der Waals surface area contributed by atoms with Crippen LogP contribution in [0.4, 0.5) is 0 Å². The van der Waals surface area contributed by atoms with Crippen LogP contribution < -0.4 is 11.5 Å². The molecular formula is C10H13N3OS. The molecule has 1 rings (SSSR count). The quantitative estimate of drug-likeness (QED) is 0.591. The van der Waals surface area contributed by atoms with Crippen molar-refractivity contribution in [1.29, 1.82) is 0 Å². The zero-order valence-corrected chi connectivity index (χ0v) is 9.25. The normalized spacial score (nSPS) is 9.67. The van der Waals surface area contributed by atoms with Crippen LogP contribution in [-0.4, -0.2) is 18.1 Å². The Hall–Kier alpha value is -1.49. The molecule has 0 saturated heterocycles. The van der Waals surface area contributed by atoms with Gasteiger partial charge in [-0.15, -0.1) is 0 Å². The number of nitrogens with zero attached hydrogens (tertiary/aromatic N) is 1. The Labute approximate surface area is 92.8 Å². The number of guanidine groups is 1. The Morgan fingerprint density at radius 2 is 1.93 bits per heavy atom. The molecule has 0 aliphatic heterocycles. The lowest BCUT2D eigenvalue weighted by Crippen LogP contribution is -2.24. The molecule has 1 aromatic carbocycles. The number of aliphatic imine (C=N–C) groups is 1. The van der Waals surface area contributed by atoms with E-state index in [1.807, 2.05) is 18.4 Å². The maximum absolute atomic E-state index is 11.4. The van der Waals surface area contributed by atoms with Crippen LogP contribution in [-0.2, 0) is 5.75 Å². The van der Waals surface area contributed by atoms with Crippen molar-refractivity contribution >= 4 is 23.6 Å². The molecule has 0 heterocycles. The van der Waals surface area contributed by atoms with Gasteiger partial charge < -0.3 is 11.5 Å². The van der Waals surface area contributed by atoms with Crippen LogP contribution in [0.25, 0.3) is 0 Å². The second kappa shape index (κ2) is 5.41. The van der Waals surface area contributed by atoms with Crippen molar-refractivity contribution in [3.63, 3.8) is 0 Å². The first-order chi connectivity index (χ1) is 7.13. The van der Waals surface area contributed by atoms with Gasteiger partial charge in [0.05, 0.1) is 0 Å². The van der Waals surface area contributed by atoms with Gasteiger partial charge in [-0.1, -0.05) is 12.1 Å². The van der Waals surface area contributed by atoms with Gasteiger partial charge in [-0.25, -0.2) is 0 Å². The Bertz CT molecular complexity index is 369. The van der Waals surface area contributed by atoms with E-state index < -0.39 is 5.91 Å². The fourth-order valence-electron chi connectivity index (χ4n) is 1.09. The number of hydrogen-bond acceptors (Lipinski definition) is 2. The molecule has 0 atom stereocenters. The summed E-state index contributed by atoms with van der Waals surface area (Å²) in [6.45, 7) is 0. The molecule has 0 bridgehead atoms. The predicted molar refractivity (Wildman–Crippen MR) is 63.8 cm³/mol. The number of nitrogens with two attached hydrogens (primary N) is 2. The molecule has 15 heavy (non-hydrogen) atoms. The highest BCUT2D eigenvalue weighted by Crippen LogP contribution is 2.11. The highest BCUT2D eigenvalue weighted by molar-refractivity contribution is 7.97. The van der Waals surface area contributed by atoms with Gasteiger partial charge >= 0.3 is 0 Å². The Morgan fingerprint density at radius 1 is 1.33 bits per heavy atom. The molecular weight excluding hydrogens is 210 g/mol. The fraction of sp³-hybridized carbons (Fsp3) is 0.200. The van der Waals surface area contributed by atoms with Gasteiger partial charge in [0, 0.05) is 11.3 Å². The number of amides is 1. The van der Waals surface area contributed by atoms with Crippen LogP contribution >= 0.6 is 11.8 Å². The van der Waals surface area contributed by atoms with Crippen LogP contribution in [0.5, 0.6) is 0 Å². The van der Waals surface area contributed by atoms with Crippen LogP contribution in [0.1, 0.15) is 15.9 Å². The third kappa shape index (κ3) is 3.63. The van der Waals surface area contributed by atoms with Gasteiger partial charge in [-0.3, -0.25) is 4.79 Å². The number of rotatable bonds is 3. The molecule has 1 aromatic rings. The topological polar surface area (TPSA) is 81.5 Å². The lowest BCUT2D eigenvalue weighted by molar-refractivity contribution is 0.100. The third-order valence-corrected chi connectivity index (χ3v) is 2.36. The van der Waals surface area contributed by atoms with E-state index >= 15 is 0 Å². The number of benzene rings is 1. The van der Waals surface area contributed by atoms with E-state index in [-0.39, 0.29) is 5.96 Å². The van der Waals surface area contributed by atoms with Crippen molar-refractivity contribution in [2.45, 2.75) is 5.75 Å². The van der Waals surface area contributed by atoms with Gasteiger partial charge in [0.15, 0.2) is 5.96 Å². The zero-order chi connectivity index (χ0) is 11.3. The summed E-state index contributed by atoms with van der Waals surface area (Å²) in [6.07, 6.45) is 2.03. The minimum Gasteiger partial charge on any atom is -0.370 e. The van der Waals surface area contributed by atoms with Gasteiger partial charge in [0.25, 0.3) is 5.91 Å². The maximum Gasteiger partial charge on any atom is 0.280 e. The Morgan fingerprint density at radius 3 is 2.40 bits per heavy atom. The van der Waals surface area contributed by atoms with Gasteiger partial charge in [0.1, 0.15) is 0 Å². The van der Waals surface area contributed by atoms with E-state index in [9.17, 15) is 4.79 Å². The molecule has 0 aromatic heterocycles. The highest BCUT2D eigenvalue weighted by Gasteiger charge is 2.03. The molecule has 0 spiro atoms.